The molecule has 0 amide bonds. The number of ether oxygens (including phenoxy) is 3. The summed E-state index contributed by atoms with van der Waals surface area (Å²) in [5.41, 5.74) is 0. The number of carbonyl (C=O) groups excluding carboxylic acids is 3. The fourth-order valence-electron chi connectivity index (χ4n) is 10.2. The summed E-state index contributed by atoms with van der Waals surface area (Å²) in [4.78, 5) is 38.4. The van der Waals surface area contributed by atoms with E-state index < -0.39 is 6.10 Å². The fourth-order valence-corrected chi connectivity index (χ4v) is 10.2. The van der Waals surface area contributed by atoms with E-state index in [9.17, 15) is 14.4 Å². The molecule has 6 heteroatoms. The van der Waals surface area contributed by atoms with Crippen molar-refractivity contribution >= 4 is 17.9 Å². The molecule has 0 aliphatic heterocycles. The average Bonchev–Trinajstić information content (AvgIpc) is 3.45. The van der Waals surface area contributed by atoms with E-state index in [1.165, 1.54) is 225 Å². The number of allylic oxidation sites excluding steroid dienone is 10. The van der Waals surface area contributed by atoms with Gasteiger partial charge in [0.1, 0.15) is 13.2 Å². The molecule has 0 fully saturated rings. The minimum Gasteiger partial charge on any atom is -0.462 e. The first-order chi connectivity index (χ1) is 39.0. The Morgan fingerprint density at radius 1 is 0.253 bits per heavy atom. The molecule has 79 heavy (non-hydrogen) atoms. The molecule has 0 saturated carbocycles. The van der Waals surface area contributed by atoms with Crippen LogP contribution in [0.5, 0.6) is 0 Å². The van der Waals surface area contributed by atoms with E-state index in [1.54, 1.807) is 0 Å². The van der Waals surface area contributed by atoms with Gasteiger partial charge in [0.05, 0.1) is 0 Å². The molecule has 0 aliphatic rings. The zero-order valence-corrected chi connectivity index (χ0v) is 52.9. The van der Waals surface area contributed by atoms with Gasteiger partial charge in [0.25, 0.3) is 0 Å². The number of hydrogen-bond donors (Lipinski definition) is 0. The van der Waals surface area contributed by atoms with Gasteiger partial charge >= 0.3 is 17.9 Å². The molecule has 0 radical (unpaired) electrons. The van der Waals surface area contributed by atoms with Gasteiger partial charge in [-0.3, -0.25) is 14.4 Å². The molecule has 460 valence electrons. The standard InChI is InChI=1S/C73H132O6/c1-4-7-10-13-16-19-22-25-28-31-33-34-35-36-37-38-39-41-42-45-48-51-54-57-60-63-66-72(75)78-69-70(68-77-71(74)65-62-59-56-53-50-47-44-30-27-24-21-18-15-12-9-6-3)79-73(76)67-64-61-58-55-52-49-46-43-40-32-29-26-23-20-17-14-11-8-5-2/h17,20-21,24,26,29-30,40,43-44,70H,4-16,18-19,22-23,25,27-28,31-39,41-42,45-69H2,1-3H3/b20-17-,24-21-,29-26-,43-40-,44-30-. The minimum absolute atomic E-state index is 0.0810. The topological polar surface area (TPSA) is 78.9 Å². The Balaban J connectivity index is 4.30. The monoisotopic (exact) mass is 1110 g/mol. The second kappa shape index (κ2) is 67.6. The Kier molecular flexibility index (Phi) is 65.1. The van der Waals surface area contributed by atoms with Crippen LogP contribution in [-0.2, 0) is 28.6 Å². The van der Waals surface area contributed by atoms with Crippen molar-refractivity contribution < 1.29 is 28.6 Å². The largest absolute Gasteiger partial charge is 0.462 e. The highest BCUT2D eigenvalue weighted by atomic mass is 16.6. The van der Waals surface area contributed by atoms with E-state index in [4.69, 9.17) is 14.2 Å². The zero-order valence-electron chi connectivity index (χ0n) is 52.9. The Morgan fingerprint density at radius 3 is 0.747 bits per heavy atom. The lowest BCUT2D eigenvalue weighted by atomic mass is 10.0. The van der Waals surface area contributed by atoms with Gasteiger partial charge in [0, 0.05) is 19.3 Å². The SMILES string of the molecule is CCCCC/C=C\C/C=C\C/C=C\CCCCCCCCC(=O)OC(COC(=O)CCCCCCC/C=C\C/C=C\CCCCCC)COC(=O)CCCCCCCCCCCCCCCCCCCCCCCCCCCC. The molecule has 0 aliphatic carbocycles. The summed E-state index contributed by atoms with van der Waals surface area (Å²) < 4.78 is 17.0. The Labute approximate surface area is 491 Å². The van der Waals surface area contributed by atoms with Crippen molar-refractivity contribution in [1.29, 1.82) is 0 Å². The van der Waals surface area contributed by atoms with E-state index in [0.717, 1.165) is 103 Å². The summed E-state index contributed by atoms with van der Waals surface area (Å²) in [6.45, 7) is 6.63. The molecular weight excluding hydrogens is 973 g/mol. The second-order valence-corrected chi connectivity index (χ2v) is 23.4. The first-order valence-corrected chi connectivity index (χ1v) is 34.8. The van der Waals surface area contributed by atoms with Crippen molar-refractivity contribution in [2.24, 2.45) is 0 Å². The van der Waals surface area contributed by atoms with Crippen LogP contribution < -0.4 is 0 Å². The Bertz CT molecular complexity index is 1410. The molecule has 0 heterocycles. The number of carbonyl (C=O) groups is 3. The molecular formula is C73H132O6. The first kappa shape index (κ1) is 76.1. The van der Waals surface area contributed by atoms with E-state index in [0.29, 0.717) is 19.3 Å². The smallest absolute Gasteiger partial charge is 0.306 e. The van der Waals surface area contributed by atoms with E-state index >= 15 is 0 Å². The molecule has 0 N–H and O–H groups in total. The van der Waals surface area contributed by atoms with Crippen LogP contribution in [0.3, 0.4) is 0 Å². The number of hydrogen-bond acceptors (Lipinski definition) is 6. The Morgan fingerprint density at radius 2 is 0.456 bits per heavy atom. The summed E-state index contributed by atoms with van der Waals surface area (Å²) in [6.07, 6.45) is 86.7. The molecule has 0 spiro atoms. The second-order valence-electron chi connectivity index (χ2n) is 23.4. The summed E-state index contributed by atoms with van der Waals surface area (Å²) >= 11 is 0. The molecule has 0 aromatic carbocycles. The number of rotatable bonds is 64. The van der Waals surface area contributed by atoms with Crippen LogP contribution >= 0.6 is 0 Å². The number of esters is 3. The lowest BCUT2D eigenvalue weighted by molar-refractivity contribution is -0.167. The lowest BCUT2D eigenvalue weighted by Gasteiger charge is -2.18. The molecule has 1 atom stereocenters. The van der Waals surface area contributed by atoms with E-state index in [1.807, 2.05) is 0 Å². The molecule has 0 rings (SSSR count). The van der Waals surface area contributed by atoms with Crippen LogP contribution in [0.4, 0.5) is 0 Å². The highest BCUT2D eigenvalue weighted by Gasteiger charge is 2.19. The summed E-state index contributed by atoms with van der Waals surface area (Å²) in [5.74, 6) is -0.886. The third kappa shape index (κ3) is 65.8. The van der Waals surface area contributed by atoms with Gasteiger partial charge in [-0.2, -0.15) is 0 Å². The molecule has 6 nitrogen and oxygen atoms in total. The van der Waals surface area contributed by atoms with Gasteiger partial charge in [-0.05, 0) is 89.9 Å². The van der Waals surface area contributed by atoms with Crippen molar-refractivity contribution in [2.45, 2.75) is 374 Å². The van der Waals surface area contributed by atoms with Crippen LogP contribution in [0, 0.1) is 0 Å². The van der Waals surface area contributed by atoms with Crippen molar-refractivity contribution in [1.82, 2.24) is 0 Å². The van der Waals surface area contributed by atoms with E-state index in [-0.39, 0.29) is 31.1 Å². The van der Waals surface area contributed by atoms with Crippen molar-refractivity contribution in [3.8, 4) is 0 Å². The highest BCUT2D eigenvalue weighted by molar-refractivity contribution is 5.71. The van der Waals surface area contributed by atoms with Crippen LogP contribution in [0.2, 0.25) is 0 Å². The number of unbranched alkanes of at least 4 members (excludes halogenated alkanes) is 43. The normalized spacial score (nSPS) is 12.4. The van der Waals surface area contributed by atoms with Gasteiger partial charge in [0.2, 0.25) is 0 Å². The first-order valence-electron chi connectivity index (χ1n) is 34.8. The molecule has 0 saturated heterocycles. The van der Waals surface area contributed by atoms with Gasteiger partial charge in [-0.25, -0.2) is 0 Å². The van der Waals surface area contributed by atoms with Gasteiger partial charge < -0.3 is 14.2 Å². The van der Waals surface area contributed by atoms with Crippen molar-refractivity contribution in [3.05, 3.63) is 60.8 Å². The van der Waals surface area contributed by atoms with Crippen LogP contribution in [0.15, 0.2) is 60.8 Å². The summed E-state index contributed by atoms with van der Waals surface area (Å²) in [5, 5.41) is 0. The maximum absolute atomic E-state index is 12.9. The summed E-state index contributed by atoms with van der Waals surface area (Å²) in [7, 11) is 0. The zero-order chi connectivity index (χ0) is 57.1. The predicted molar refractivity (Wildman–Crippen MR) is 344 cm³/mol. The molecule has 0 bridgehead atoms. The van der Waals surface area contributed by atoms with Gasteiger partial charge in [-0.15, -0.1) is 0 Å². The minimum atomic E-state index is -0.788. The lowest BCUT2D eigenvalue weighted by Crippen LogP contribution is -2.30. The van der Waals surface area contributed by atoms with Crippen LogP contribution in [-0.4, -0.2) is 37.2 Å². The van der Waals surface area contributed by atoms with Crippen LogP contribution in [0.25, 0.3) is 0 Å². The van der Waals surface area contributed by atoms with E-state index in [2.05, 4.69) is 81.5 Å². The molecule has 1 unspecified atom stereocenters. The van der Waals surface area contributed by atoms with Gasteiger partial charge in [0.15, 0.2) is 6.10 Å². The maximum Gasteiger partial charge on any atom is 0.306 e. The fraction of sp³-hybridized carbons (Fsp3) is 0.822. The van der Waals surface area contributed by atoms with Crippen LogP contribution in [0.1, 0.15) is 367 Å². The molecule has 0 aromatic rings. The Hall–Kier alpha value is -2.89. The predicted octanol–water partition coefficient (Wildman–Crippen LogP) is 23.9. The van der Waals surface area contributed by atoms with Crippen molar-refractivity contribution in [3.63, 3.8) is 0 Å². The van der Waals surface area contributed by atoms with Gasteiger partial charge in [-0.1, -0.05) is 319 Å². The highest BCUT2D eigenvalue weighted by Crippen LogP contribution is 2.18. The quantitative estimate of drug-likeness (QED) is 0.0261. The average molecular weight is 1110 g/mol. The summed E-state index contributed by atoms with van der Waals surface area (Å²) in [6, 6.07) is 0. The third-order valence-electron chi connectivity index (χ3n) is 15.5. The van der Waals surface area contributed by atoms with Crippen molar-refractivity contribution in [2.75, 3.05) is 13.2 Å². The third-order valence-corrected chi connectivity index (χ3v) is 15.5. The molecule has 0 aromatic heterocycles. The maximum atomic E-state index is 12.9.